The van der Waals surface area contributed by atoms with Gasteiger partial charge in [-0.25, -0.2) is 0 Å². The SMILES string of the molecule is C[Si](C)(C)C1=CCCCC=C1C1CC(C#N)(C#N)C1(C#N)C#N. The minimum absolute atomic E-state index is 0.273. The van der Waals surface area contributed by atoms with Gasteiger partial charge in [0.25, 0.3) is 0 Å². The molecular weight excluding hydrogens is 300 g/mol. The molecule has 5 heteroatoms. The lowest BCUT2D eigenvalue weighted by molar-refractivity contribution is 0.0643. The Bertz CT molecular complexity index is 712. The average Bonchev–Trinajstić information content (AvgIpc) is 2.75. The van der Waals surface area contributed by atoms with E-state index < -0.39 is 18.9 Å². The van der Waals surface area contributed by atoms with Gasteiger partial charge in [-0.3, -0.25) is 0 Å². The highest BCUT2D eigenvalue weighted by Crippen LogP contribution is 2.63. The molecule has 0 bridgehead atoms. The molecule has 0 N–H and O–H groups in total. The van der Waals surface area contributed by atoms with E-state index in [1.165, 1.54) is 5.20 Å². The van der Waals surface area contributed by atoms with E-state index in [4.69, 9.17) is 0 Å². The number of nitriles is 4. The largest absolute Gasteiger partial charge is 0.196 e. The molecule has 1 unspecified atom stereocenters. The lowest BCUT2D eigenvalue weighted by Gasteiger charge is -2.50. The van der Waals surface area contributed by atoms with Crippen LogP contribution >= 0.6 is 0 Å². The molecule has 0 aromatic carbocycles. The fourth-order valence-corrected chi connectivity index (χ4v) is 5.61. The molecule has 0 radical (unpaired) electrons. The quantitative estimate of drug-likeness (QED) is 0.719. The number of allylic oxidation sites excluding steroid dienone is 4. The first-order valence-corrected chi connectivity index (χ1v) is 11.4. The van der Waals surface area contributed by atoms with E-state index in [1.807, 2.05) is 24.3 Å². The van der Waals surface area contributed by atoms with Crippen molar-refractivity contribution in [3.05, 3.63) is 22.9 Å². The van der Waals surface area contributed by atoms with Crippen LogP contribution in [0.5, 0.6) is 0 Å². The van der Waals surface area contributed by atoms with Gasteiger partial charge in [-0.2, -0.15) is 21.0 Å². The molecular formula is C18H20N4Si. The van der Waals surface area contributed by atoms with Gasteiger partial charge in [-0.1, -0.05) is 37.0 Å². The lowest BCUT2D eigenvalue weighted by atomic mass is 9.44. The molecule has 1 fully saturated rings. The average molecular weight is 320 g/mol. The number of nitrogens with zero attached hydrogens (tertiary/aromatic N) is 4. The Kier molecular flexibility index (Phi) is 4.21. The molecule has 1 saturated carbocycles. The molecule has 1 atom stereocenters. The van der Waals surface area contributed by atoms with E-state index in [1.54, 1.807) is 0 Å². The van der Waals surface area contributed by atoms with Crippen molar-refractivity contribution in [1.82, 2.24) is 0 Å². The first-order valence-electron chi connectivity index (χ1n) is 7.88. The summed E-state index contributed by atoms with van der Waals surface area (Å²) in [7, 11) is -1.64. The Morgan fingerprint density at radius 2 is 1.52 bits per heavy atom. The second-order valence-corrected chi connectivity index (χ2v) is 12.4. The van der Waals surface area contributed by atoms with Crippen LogP contribution in [0.2, 0.25) is 19.6 Å². The Labute approximate surface area is 139 Å². The predicted octanol–water partition coefficient (Wildman–Crippen LogP) is 3.99. The highest BCUT2D eigenvalue weighted by molar-refractivity contribution is 6.84. The summed E-state index contributed by atoms with van der Waals surface area (Å²) in [5, 5.41) is 39.5. The molecule has 2 aliphatic rings. The first kappa shape index (κ1) is 17.0. The van der Waals surface area contributed by atoms with Crippen LogP contribution in [0.15, 0.2) is 22.9 Å². The maximum atomic E-state index is 9.68. The topological polar surface area (TPSA) is 95.2 Å². The summed E-state index contributed by atoms with van der Waals surface area (Å²) in [6, 6.07) is 7.99. The van der Waals surface area contributed by atoms with E-state index in [-0.39, 0.29) is 12.3 Å². The van der Waals surface area contributed by atoms with Crippen LogP contribution in [0, 0.1) is 62.1 Å². The Morgan fingerprint density at radius 1 is 0.957 bits per heavy atom. The Balaban J connectivity index is 2.57. The second kappa shape index (κ2) is 5.70. The van der Waals surface area contributed by atoms with Gasteiger partial charge in [0.1, 0.15) is 0 Å². The fraction of sp³-hybridized carbons (Fsp3) is 0.556. The molecule has 116 valence electrons. The highest BCUT2D eigenvalue weighted by Gasteiger charge is 2.70. The number of hydrogen-bond donors (Lipinski definition) is 0. The third-order valence-electron chi connectivity index (χ3n) is 5.06. The third kappa shape index (κ3) is 2.30. The summed E-state index contributed by atoms with van der Waals surface area (Å²) < 4.78 is 0. The van der Waals surface area contributed by atoms with Crippen molar-refractivity contribution in [1.29, 1.82) is 21.0 Å². The molecule has 0 saturated heterocycles. The molecule has 4 nitrogen and oxygen atoms in total. The third-order valence-corrected chi connectivity index (χ3v) is 7.16. The standard InChI is InChI=1S/C18H20N4Si/c1-23(2,3)16-8-6-4-5-7-14(16)15-9-17(10-19,11-20)18(15,12-21)13-22/h7-8,15H,4-6,9H2,1-3H3. The van der Waals surface area contributed by atoms with E-state index in [9.17, 15) is 21.0 Å². The van der Waals surface area contributed by atoms with Gasteiger partial charge in [-0.05, 0) is 31.3 Å². The molecule has 0 amide bonds. The van der Waals surface area contributed by atoms with Crippen molar-refractivity contribution in [2.75, 3.05) is 0 Å². The zero-order valence-corrected chi connectivity index (χ0v) is 14.8. The van der Waals surface area contributed by atoms with Gasteiger partial charge in [0.2, 0.25) is 0 Å². The summed E-state index contributed by atoms with van der Waals surface area (Å²) in [5.41, 5.74) is -2.03. The summed E-state index contributed by atoms with van der Waals surface area (Å²) in [4.78, 5) is 0. The molecule has 23 heavy (non-hydrogen) atoms. The van der Waals surface area contributed by atoms with Crippen LogP contribution in [-0.4, -0.2) is 8.07 Å². The first-order chi connectivity index (χ1) is 10.8. The highest BCUT2D eigenvalue weighted by atomic mass is 28.3. The van der Waals surface area contributed by atoms with Crippen molar-refractivity contribution in [2.24, 2.45) is 16.7 Å². The van der Waals surface area contributed by atoms with Crippen LogP contribution in [0.3, 0.4) is 0 Å². The van der Waals surface area contributed by atoms with Crippen LogP contribution < -0.4 is 0 Å². The van der Waals surface area contributed by atoms with Gasteiger partial charge < -0.3 is 0 Å². The van der Waals surface area contributed by atoms with Gasteiger partial charge in [0.15, 0.2) is 10.8 Å². The van der Waals surface area contributed by atoms with E-state index in [2.05, 4.69) is 31.8 Å². The zero-order chi connectivity index (χ0) is 17.3. The minimum atomic E-state index is -1.64. The van der Waals surface area contributed by atoms with Crippen molar-refractivity contribution < 1.29 is 0 Å². The molecule has 0 aromatic rings. The molecule has 0 aromatic heterocycles. The summed E-state index contributed by atoms with van der Waals surface area (Å²) in [6.07, 6.45) is 7.63. The second-order valence-electron chi connectivity index (χ2n) is 7.38. The Morgan fingerprint density at radius 3 is 2.00 bits per heavy atom. The molecule has 2 aliphatic carbocycles. The number of rotatable bonds is 2. The Hall–Kier alpha value is -2.34. The summed E-state index contributed by atoms with van der Waals surface area (Å²) in [6.45, 7) is 6.75. The smallest absolute Gasteiger partial charge is 0.182 e. The summed E-state index contributed by atoms with van der Waals surface area (Å²) >= 11 is 0. The van der Waals surface area contributed by atoms with Gasteiger partial charge in [0.05, 0.1) is 32.4 Å². The minimum Gasteiger partial charge on any atom is -0.196 e. The van der Waals surface area contributed by atoms with Gasteiger partial charge >= 0.3 is 0 Å². The number of hydrogen-bond acceptors (Lipinski definition) is 4. The molecule has 2 rings (SSSR count). The van der Waals surface area contributed by atoms with E-state index >= 15 is 0 Å². The summed E-state index contributed by atoms with van der Waals surface area (Å²) in [5.74, 6) is -0.340. The fourth-order valence-electron chi connectivity index (χ4n) is 3.71. The van der Waals surface area contributed by atoms with Gasteiger partial charge in [-0.15, -0.1) is 0 Å². The molecule has 0 heterocycles. The normalized spacial score (nSPS) is 25.1. The van der Waals surface area contributed by atoms with Crippen molar-refractivity contribution in [3.63, 3.8) is 0 Å². The maximum absolute atomic E-state index is 9.68. The van der Waals surface area contributed by atoms with Crippen LogP contribution in [0.1, 0.15) is 25.7 Å². The predicted molar refractivity (Wildman–Crippen MR) is 88.8 cm³/mol. The van der Waals surface area contributed by atoms with Gasteiger partial charge in [0, 0.05) is 5.92 Å². The van der Waals surface area contributed by atoms with E-state index in [0.717, 1.165) is 24.8 Å². The monoisotopic (exact) mass is 320 g/mol. The van der Waals surface area contributed by atoms with Crippen LogP contribution in [-0.2, 0) is 0 Å². The lowest BCUT2D eigenvalue weighted by Crippen LogP contribution is -2.57. The zero-order valence-electron chi connectivity index (χ0n) is 13.8. The van der Waals surface area contributed by atoms with Crippen molar-refractivity contribution in [2.45, 2.75) is 45.3 Å². The molecule has 0 spiro atoms. The van der Waals surface area contributed by atoms with Crippen LogP contribution in [0.4, 0.5) is 0 Å². The maximum Gasteiger partial charge on any atom is 0.182 e. The van der Waals surface area contributed by atoms with E-state index in [0.29, 0.717) is 0 Å². The van der Waals surface area contributed by atoms with Crippen LogP contribution in [0.25, 0.3) is 0 Å². The molecule has 0 aliphatic heterocycles. The van der Waals surface area contributed by atoms with Crippen molar-refractivity contribution >= 4 is 8.07 Å². The van der Waals surface area contributed by atoms with Crippen molar-refractivity contribution in [3.8, 4) is 24.3 Å².